The van der Waals surface area contributed by atoms with E-state index in [1.807, 2.05) is 6.07 Å². The van der Waals surface area contributed by atoms with Crippen molar-refractivity contribution in [1.82, 2.24) is 0 Å². The van der Waals surface area contributed by atoms with Crippen LogP contribution in [0.3, 0.4) is 0 Å². The third kappa shape index (κ3) is 3.39. The molecule has 0 unspecified atom stereocenters. The predicted octanol–water partition coefficient (Wildman–Crippen LogP) is 2.48. The highest BCUT2D eigenvalue weighted by atomic mass is 79.9. The first kappa shape index (κ1) is 12.3. The van der Waals surface area contributed by atoms with Gasteiger partial charge in [0, 0.05) is 4.47 Å². The molecule has 0 radical (unpaired) electrons. The van der Waals surface area contributed by atoms with E-state index >= 15 is 0 Å². The van der Waals surface area contributed by atoms with Crippen molar-refractivity contribution in [2.75, 3.05) is 7.11 Å². The molecule has 0 aromatic heterocycles. The van der Waals surface area contributed by atoms with Gasteiger partial charge in [0.2, 0.25) is 0 Å². The minimum Gasteiger partial charge on any atom is -0.504 e. The van der Waals surface area contributed by atoms with Crippen LogP contribution in [-0.4, -0.2) is 23.4 Å². The van der Waals surface area contributed by atoms with Gasteiger partial charge < -0.3 is 14.9 Å². The summed E-state index contributed by atoms with van der Waals surface area (Å²) >= 11 is 3.34. The van der Waals surface area contributed by atoms with Crippen molar-refractivity contribution < 1.29 is 14.9 Å². The maximum Gasteiger partial charge on any atom is 0.161 e. The number of aliphatic hydroxyl groups is 1. The predicted molar refractivity (Wildman–Crippen MR) is 62.4 cm³/mol. The molecule has 1 aromatic carbocycles. The fourth-order valence-corrected chi connectivity index (χ4v) is 1.82. The third-order valence-corrected chi connectivity index (χ3v) is 2.63. The zero-order valence-electron chi connectivity index (χ0n) is 8.83. The Balaban J connectivity index is 2.91. The SMILES string of the molecule is COc1cc(Br)cc(CC[C@@H](C)O)c1O. The van der Waals surface area contributed by atoms with Crippen molar-refractivity contribution in [3.8, 4) is 11.5 Å². The van der Waals surface area contributed by atoms with E-state index in [2.05, 4.69) is 15.9 Å². The second kappa shape index (κ2) is 5.37. The Morgan fingerprint density at radius 2 is 2.13 bits per heavy atom. The Hall–Kier alpha value is -0.740. The Morgan fingerprint density at radius 1 is 1.47 bits per heavy atom. The van der Waals surface area contributed by atoms with Crippen LogP contribution in [0.15, 0.2) is 16.6 Å². The molecule has 0 aliphatic heterocycles. The van der Waals surface area contributed by atoms with Crippen LogP contribution in [0, 0.1) is 0 Å². The van der Waals surface area contributed by atoms with Crippen LogP contribution in [0.4, 0.5) is 0 Å². The largest absolute Gasteiger partial charge is 0.504 e. The Labute approximate surface area is 97.8 Å². The van der Waals surface area contributed by atoms with Crippen molar-refractivity contribution in [3.05, 3.63) is 22.2 Å². The Bertz CT molecular complexity index is 337. The van der Waals surface area contributed by atoms with Gasteiger partial charge >= 0.3 is 0 Å². The van der Waals surface area contributed by atoms with Crippen LogP contribution in [0.2, 0.25) is 0 Å². The Morgan fingerprint density at radius 3 is 2.67 bits per heavy atom. The van der Waals surface area contributed by atoms with E-state index in [4.69, 9.17) is 4.74 Å². The lowest BCUT2D eigenvalue weighted by atomic mass is 10.1. The summed E-state index contributed by atoms with van der Waals surface area (Å²) in [6.07, 6.45) is 0.876. The molecule has 15 heavy (non-hydrogen) atoms. The molecule has 0 aliphatic rings. The molecule has 1 aromatic rings. The molecule has 3 nitrogen and oxygen atoms in total. The molecule has 1 rings (SSSR count). The van der Waals surface area contributed by atoms with Crippen molar-refractivity contribution in [2.24, 2.45) is 0 Å². The quantitative estimate of drug-likeness (QED) is 0.887. The van der Waals surface area contributed by atoms with Gasteiger partial charge in [0.05, 0.1) is 13.2 Å². The number of hydrogen-bond donors (Lipinski definition) is 2. The lowest BCUT2D eigenvalue weighted by Gasteiger charge is -2.10. The molecule has 1 atom stereocenters. The average molecular weight is 275 g/mol. The summed E-state index contributed by atoms with van der Waals surface area (Å²) in [5.74, 6) is 0.603. The first-order valence-corrected chi connectivity index (χ1v) is 5.57. The summed E-state index contributed by atoms with van der Waals surface area (Å²) in [7, 11) is 1.51. The molecule has 0 amide bonds. The smallest absolute Gasteiger partial charge is 0.161 e. The van der Waals surface area contributed by atoms with Gasteiger partial charge in [0.25, 0.3) is 0 Å². The molecule has 0 fully saturated rings. The minimum atomic E-state index is -0.366. The highest BCUT2D eigenvalue weighted by Gasteiger charge is 2.10. The molecule has 0 aliphatic carbocycles. The van der Waals surface area contributed by atoms with Crippen LogP contribution in [-0.2, 0) is 6.42 Å². The number of methoxy groups -OCH3 is 1. The highest BCUT2D eigenvalue weighted by molar-refractivity contribution is 9.10. The number of ether oxygens (including phenoxy) is 1. The summed E-state index contributed by atoms with van der Waals surface area (Å²) in [6.45, 7) is 1.73. The monoisotopic (exact) mass is 274 g/mol. The molecule has 0 saturated carbocycles. The van der Waals surface area contributed by atoms with Gasteiger partial charge in [0.15, 0.2) is 11.5 Å². The minimum absolute atomic E-state index is 0.154. The number of halogens is 1. The van der Waals surface area contributed by atoms with Gasteiger partial charge in [-0.25, -0.2) is 0 Å². The van der Waals surface area contributed by atoms with Gasteiger partial charge in [-0.2, -0.15) is 0 Å². The van der Waals surface area contributed by atoms with Gasteiger partial charge in [-0.1, -0.05) is 15.9 Å². The Kier molecular flexibility index (Phi) is 4.42. The molecule has 0 heterocycles. The maximum absolute atomic E-state index is 9.80. The van der Waals surface area contributed by atoms with Gasteiger partial charge in [-0.05, 0) is 37.5 Å². The number of phenolic OH excluding ortho intramolecular Hbond substituents is 1. The lowest BCUT2D eigenvalue weighted by Crippen LogP contribution is -2.02. The molecule has 84 valence electrons. The van der Waals surface area contributed by atoms with Crippen molar-refractivity contribution >= 4 is 15.9 Å². The number of aromatic hydroxyl groups is 1. The second-order valence-corrected chi connectivity index (χ2v) is 4.42. The summed E-state index contributed by atoms with van der Waals surface area (Å²) in [6, 6.07) is 3.54. The van der Waals surface area contributed by atoms with Gasteiger partial charge in [0.1, 0.15) is 0 Å². The first-order valence-electron chi connectivity index (χ1n) is 4.78. The average Bonchev–Trinajstić information content (AvgIpc) is 2.18. The standard InChI is InChI=1S/C11H15BrO3/c1-7(13)3-4-8-5-9(12)6-10(15-2)11(8)14/h5-7,13-14H,3-4H2,1-2H3/t7-/m1/s1. The molecular formula is C11H15BrO3. The van der Waals surface area contributed by atoms with Crippen molar-refractivity contribution in [2.45, 2.75) is 25.9 Å². The number of aryl methyl sites for hydroxylation is 1. The van der Waals surface area contributed by atoms with Crippen molar-refractivity contribution in [1.29, 1.82) is 0 Å². The van der Waals surface area contributed by atoms with Crippen LogP contribution >= 0.6 is 15.9 Å². The summed E-state index contributed by atoms with van der Waals surface area (Å²) < 4.78 is 5.89. The van der Waals surface area contributed by atoms with E-state index in [1.54, 1.807) is 13.0 Å². The summed E-state index contributed by atoms with van der Waals surface area (Å²) in [4.78, 5) is 0. The van der Waals surface area contributed by atoms with E-state index in [-0.39, 0.29) is 11.9 Å². The second-order valence-electron chi connectivity index (χ2n) is 3.50. The van der Waals surface area contributed by atoms with E-state index in [9.17, 15) is 10.2 Å². The number of hydrogen-bond acceptors (Lipinski definition) is 3. The zero-order chi connectivity index (χ0) is 11.4. The van der Waals surface area contributed by atoms with Crippen LogP contribution in [0.5, 0.6) is 11.5 Å². The fraction of sp³-hybridized carbons (Fsp3) is 0.455. The molecule has 4 heteroatoms. The van der Waals surface area contributed by atoms with E-state index < -0.39 is 0 Å². The van der Waals surface area contributed by atoms with Crippen LogP contribution < -0.4 is 4.74 Å². The van der Waals surface area contributed by atoms with Crippen LogP contribution in [0.1, 0.15) is 18.9 Å². The maximum atomic E-state index is 9.80. The highest BCUT2D eigenvalue weighted by Crippen LogP contribution is 2.34. The molecule has 0 saturated heterocycles. The van der Waals surface area contributed by atoms with E-state index in [1.165, 1.54) is 7.11 Å². The van der Waals surface area contributed by atoms with Crippen molar-refractivity contribution in [3.63, 3.8) is 0 Å². The number of aliphatic hydroxyl groups excluding tert-OH is 1. The zero-order valence-corrected chi connectivity index (χ0v) is 10.4. The molecule has 2 N–H and O–H groups in total. The summed E-state index contributed by atoms with van der Waals surface area (Å²) in [5.41, 5.74) is 0.780. The third-order valence-electron chi connectivity index (χ3n) is 2.17. The summed E-state index contributed by atoms with van der Waals surface area (Å²) in [5, 5.41) is 19.0. The molecule has 0 bridgehead atoms. The number of phenols is 1. The number of benzene rings is 1. The number of rotatable bonds is 4. The lowest BCUT2D eigenvalue weighted by molar-refractivity contribution is 0.184. The van der Waals surface area contributed by atoms with Gasteiger partial charge in [-0.3, -0.25) is 0 Å². The fourth-order valence-electron chi connectivity index (χ4n) is 1.34. The van der Waals surface area contributed by atoms with Gasteiger partial charge in [-0.15, -0.1) is 0 Å². The first-order chi connectivity index (χ1) is 7.04. The normalized spacial score (nSPS) is 12.5. The van der Waals surface area contributed by atoms with E-state index in [0.717, 1.165) is 10.0 Å². The van der Waals surface area contributed by atoms with Crippen LogP contribution in [0.25, 0.3) is 0 Å². The topological polar surface area (TPSA) is 49.7 Å². The van der Waals surface area contributed by atoms with E-state index in [0.29, 0.717) is 18.6 Å². The molecule has 0 spiro atoms. The molecular weight excluding hydrogens is 260 g/mol.